The minimum Gasteiger partial charge on any atom is -0.484 e. The van der Waals surface area contributed by atoms with Crippen molar-refractivity contribution >= 4 is 33.4 Å². The maximum atomic E-state index is 14.0. The SMILES string of the molecule is CCn1cc(S(=O)(=O)N2CC(CNC(C)=O)Oc3ccc(NC(=O)OC(C)(C)C)cc32)c(OC(C)C)n1. The zero-order chi connectivity index (χ0) is 27.5. The number of nitrogens with zero attached hydrogens (tertiary/aromatic N) is 3. The van der Waals surface area contributed by atoms with Crippen molar-refractivity contribution in [2.75, 3.05) is 22.7 Å². The predicted octanol–water partition coefficient (Wildman–Crippen LogP) is 3.13. The van der Waals surface area contributed by atoms with Gasteiger partial charge in [0.2, 0.25) is 5.91 Å². The van der Waals surface area contributed by atoms with Gasteiger partial charge in [0, 0.05) is 25.4 Å². The highest BCUT2D eigenvalue weighted by Gasteiger charge is 2.38. The fraction of sp³-hybridized carbons (Fsp3) is 0.542. The van der Waals surface area contributed by atoms with Crippen LogP contribution in [0.25, 0.3) is 0 Å². The van der Waals surface area contributed by atoms with Gasteiger partial charge in [0.1, 0.15) is 17.5 Å². The summed E-state index contributed by atoms with van der Waals surface area (Å²) in [6, 6.07) is 4.64. The predicted molar refractivity (Wildman–Crippen MR) is 138 cm³/mol. The van der Waals surface area contributed by atoms with Crippen LogP contribution in [0.5, 0.6) is 11.6 Å². The maximum Gasteiger partial charge on any atom is 0.412 e. The monoisotopic (exact) mass is 537 g/mol. The Balaban J connectivity index is 2.05. The molecule has 1 aliphatic rings. The third-order valence-electron chi connectivity index (χ3n) is 5.05. The van der Waals surface area contributed by atoms with Crippen LogP contribution in [-0.4, -0.2) is 61.1 Å². The Labute approximate surface area is 217 Å². The Hall–Kier alpha value is -3.48. The van der Waals surface area contributed by atoms with Crippen molar-refractivity contribution in [2.24, 2.45) is 0 Å². The number of carbonyl (C=O) groups excluding carboxylic acids is 2. The standard InChI is InChI=1S/C24H35N5O7S/c1-8-28-14-21(22(27-28)34-15(2)3)37(32,33)29-13-18(12-25-16(4)30)35-20-10-9-17(11-19(20)29)26-23(31)36-24(5,6)7/h9-11,14-15,18H,8,12-13H2,1-7H3,(H,25,30)(H,26,31). The highest BCUT2D eigenvalue weighted by molar-refractivity contribution is 7.93. The average Bonchev–Trinajstić information content (AvgIpc) is 3.18. The molecule has 1 aliphatic heterocycles. The second-order valence-corrected chi connectivity index (χ2v) is 11.7. The van der Waals surface area contributed by atoms with Crippen molar-refractivity contribution in [3.8, 4) is 11.6 Å². The quantitative estimate of drug-likeness (QED) is 0.523. The Morgan fingerprint density at radius 3 is 2.57 bits per heavy atom. The lowest BCUT2D eigenvalue weighted by atomic mass is 10.2. The summed E-state index contributed by atoms with van der Waals surface area (Å²) in [5.41, 5.74) is -0.174. The molecule has 0 fully saturated rings. The molecule has 0 saturated heterocycles. The molecule has 1 unspecified atom stereocenters. The van der Waals surface area contributed by atoms with Crippen LogP contribution in [0, 0.1) is 0 Å². The van der Waals surface area contributed by atoms with Crippen molar-refractivity contribution in [3.05, 3.63) is 24.4 Å². The first-order valence-corrected chi connectivity index (χ1v) is 13.5. The molecule has 2 amide bonds. The zero-order valence-corrected chi connectivity index (χ0v) is 23.0. The molecule has 0 spiro atoms. The lowest BCUT2D eigenvalue weighted by Crippen LogP contribution is -2.48. The lowest BCUT2D eigenvalue weighted by molar-refractivity contribution is -0.119. The summed E-state index contributed by atoms with van der Waals surface area (Å²) in [4.78, 5) is 23.7. The molecule has 13 heteroatoms. The summed E-state index contributed by atoms with van der Waals surface area (Å²) < 4.78 is 47.7. The van der Waals surface area contributed by atoms with E-state index in [-0.39, 0.29) is 47.3 Å². The average molecular weight is 538 g/mol. The highest BCUT2D eigenvalue weighted by Crippen LogP contribution is 2.40. The largest absolute Gasteiger partial charge is 0.484 e. The van der Waals surface area contributed by atoms with Gasteiger partial charge in [-0.1, -0.05) is 0 Å². The second kappa shape index (κ2) is 10.9. The van der Waals surface area contributed by atoms with Crippen LogP contribution in [0.4, 0.5) is 16.2 Å². The summed E-state index contributed by atoms with van der Waals surface area (Å²) >= 11 is 0. The molecule has 2 heterocycles. The molecule has 2 aromatic rings. The van der Waals surface area contributed by atoms with Gasteiger partial charge in [-0.25, -0.2) is 13.2 Å². The number of amides is 2. The Bertz CT molecular complexity index is 1250. The van der Waals surface area contributed by atoms with Crippen LogP contribution in [0.2, 0.25) is 0 Å². The normalized spacial score (nSPS) is 15.6. The molecule has 12 nitrogen and oxygen atoms in total. The molecule has 37 heavy (non-hydrogen) atoms. The van der Waals surface area contributed by atoms with Crippen LogP contribution < -0.4 is 24.4 Å². The van der Waals surface area contributed by atoms with Crippen LogP contribution in [0.1, 0.15) is 48.5 Å². The number of aryl methyl sites for hydroxylation is 1. The van der Waals surface area contributed by atoms with Gasteiger partial charge in [-0.05, 0) is 59.7 Å². The number of fused-ring (bicyclic) bond motifs is 1. The molecule has 3 rings (SSSR count). The van der Waals surface area contributed by atoms with Crippen LogP contribution >= 0.6 is 0 Å². The van der Waals surface area contributed by atoms with Gasteiger partial charge in [0.25, 0.3) is 15.9 Å². The summed E-state index contributed by atoms with van der Waals surface area (Å²) in [5, 5.41) is 9.58. The summed E-state index contributed by atoms with van der Waals surface area (Å²) in [6.07, 6.45) is -0.220. The van der Waals surface area contributed by atoms with Crippen molar-refractivity contribution in [3.63, 3.8) is 0 Å². The first-order chi connectivity index (χ1) is 17.2. The van der Waals surface area contributed by atoms with E-state index in [9.17, 15) is 18.0 Å². The molecule has 0 bridgehead atoms. The van der Waals surface area contributed by atoms with E-state index in [0.717, 1.165) is 0 Å². The number of aromatic nitrogens is 2. The molecule has 204 valence electrons. The molecular weight excluding hydrogens is 502 g/mol. The number of ether oxygens (including phenoxy) is 3. The van der Waals surface area contributed by atoms with Crippen LogP contribution in [0.3, 0.4) is 0 Å². The smallest absolute Gasteiger partial charge is 0.412 e. The topological polar surface area (TPSA) is 141 Å². The third kappa shape index (κ3) is 7.06. The fourth-order valence-electron chi connectivity index (χ4n) is 3.55. The number of hydrogen-bond acceptors (Lipinski definition) is 8. The van der Waals surface area contributed by atoms with Gasteiger partial charge < -0.3 is 19.5 Å². The molecule has 1 aromatic carbocycles. The number of rotatable bonds is 8. The van der Waals surface area contributed by atoms with Gasteiger partial charge in [-0.15, -0.1) is 5.10 Å². The summed E-state index contributed by atoms with van der Waals surface area (Å²) in [7, 11) is -4.20. The molecule has 1 aromatic heterocycles. The van der Waals surface area contributed by atoms with Gasteiger partial charge in [-0.3, -0.25) is 19.1 Å². The highest BCUT2D eigenvalue weighted by atomic mass is 32.2. The van der Waals surface area contributed by atoms with Crippen molar-refractivity contribution < 1.29 is 32.2 Å². The van der Waals surface area contributed by atoms with E-state index in [0.29, 0.717) is 12.2 Å². The number of hydrogen-bond donors (Lipinski definition) is 2. The first kappa shape index (κ1) is 28.1. The van der Waals surface area contributed by atoms with Crippen molar-refractivity contribution in [1.29, 1.82) is 0 Å². The summed E-state index contributed by atoms with van der Waals surface area (Å²) in [6.45, 7) is 12.4. The lowest BCUT2D eigenvalue weighted by Gasteiger charge is -2.35. The number of anilines is 2. The minimum atomic E-state index is -4.20. The van der Waals surface area contributed by atoms with Gasteiger partial charge in [-0.2, -0.15) is 0 Å². The number of sulfonamides is 1. The second-order valence-electron chi connectivity index (χ2n) is 9.84. The van der Waals surface area contributed by atoms with E-state index in [2.05, 4.69) is 15.7 Å². The van der Waals surface area contributed by atoms with E-state index >= 15 is 0 Å². The molecule has 2 N–H and O–H groups in total. The van der Waals surface area contributed by atoms with Crippen molar-refractivity contribution in [1.82, 2.24) is 15.1 Å². The fourth-order valence-corrected chi connectivity index (χ4v) is 5.12. The van der Waals surface area contributed by atoms with Gasteiger partial charge >= 0.3 is 6.09 Å². The number of nitrogens with one attached hydrogen (secondary N) is 2. The van der Waals surface area contributed by atoms with E-state index in [1.54, 1.807) is 46.8 Å². The first-order valence-electron chi connectivity index (χ1n) is 12.0. The van der Waals surface area contributed by atoms with E-state index < -0.39 is 27.8 Å². The van der Waals surface area contributed by atoms with Gasteiger partial charge in [0.15, 0.2) is 4.90 Å². The van der Waals surface area contributed by atoms with E-state index in [1.807, 2.05) is 6.92 Å². The maximum absolute atomic E-state index is 14.0. The molecule has 0 radical (unpaired) electrons. The molecule has 0 aliphatic carbocycles. The van der Waals surface area contributed by atoms with Gasteiger partial charge in [0.05, 0.1) is 24.9 Å². The minimum absolute atomic E-state index is 0.00802. The van der Waals surface area contributed by atoms with E-state index in [4.69, 9.17) is 14.2 Å². The Morgan fingerprint density at radius 1 is 1.27 bits per heavy atom. The zero-order valence-electron chi connectivity index (χ0n) is 22.2. The summed E-state index contributed by atoms with van der Waals surface area (Å²) in [5.74, 6) is -0.00183. The number of carbonyl (C=O) groups is 2. The molecular formula is C24H35N5O7S. The Morgan fingerprint density at radius 2 is 1.97 bits per heavy atom. The third-order valence-corrected chi connectivity index (χ3v) is 6.81. The molecule has 0 saturated carbocycles. The number of benzene rings is 1. The Kier molecular flexibility index (Phi) is 8.25. The molecule has 1 atom stereocenters. The van der Waals surface area contributed by atoms with Crippen molar-refractivity contribution in [2.45, 2.75) is 77.7 Å². The van der Waals surface area contributed by atoms with E-state index in [1.165, 1.54) is 28.2 Å². The van der Waals surface area contributed by atoms with Crippen LogP contribution in [0.15, 0.2) is 29.3 Å². The van der Waals surface area contributed by atoms with Crippen LogP contribution in [-0.2, 0) is 26.1 Å².